The van der Waals surface area contributed by atoms with Crippen LogP contribution in [-0.4, -0.2) is 50.3 Å². The fraction of sp³-hybridized carbons (Fsp3) is 0.333. The molecule has 1 N–H and O–H groups in total. The maximum atomic E-state index is 12.5. The number of aromatic nitrogens is 5. The summed E-state index contributed by atoms with van der Waals surface area (Å²) in [4.78, 5) is 27.3. The zero-order valence-corrected chi connectivity index (χ0v) is 15.9. The predicted molar refractivity (Wildman–Crippen MR) is 102 cm³/mol. The van der Waals surface area contributed by atoms with Crippen LogP contribution in [0.3, 0.4) is 0 Å². The number of nitrogens with one attached hydrogen (secondary N) is 1. The molecule has 146 valence electrons. The maximum Gasteiger partial charge on any atom is 0.260 e. The standard InChI is InChI=1S/C18H20N6O3S/c25-18-8-16(15-2-1-5-19-9-15)22-13-23(18)11-14-3-6-24(7-4-14)28(26,27)17-10-20-12-21-17/h1-2,5,8-10,12-14H,3-4,6-7,11H2,(H,20,21). The SMILES string of the molecule is O=c1cc(-c2cccnc2)ncn1CC1CCN(S(=O)(=O)c2cnc[nH]2)CC1. The van der Waals surface area contributed by atoms with E-state index in [1.807, 2.05) is 6.07 Å². The molecule has 28 heavy (non-hydrogen) atoms. The van der Waals surface area contributed by atoms with Gasteiger partial charge in [0.2, 0.25) is 0 Å². The Morgan fingerprint density at radius 3 is 2.64 bits per heavy atom. The number of hydrogen-bond donors (Lipinski definition) is 1. The summed E-state index contributed by atoms with van der Waals surface area (Å²) in [5.74, 6) is 0.219. The van der Waals surface area contributed by atoms with E-state index in [1.165, 1.54) is 22.9 Å². The number of imidazole rings is 1. The molecule has 4 heterocycles. The average Bonchev–Trinajstić information content (AvgIpc) is 3.26. The second-order valence-electron chi connectivity index (χ2n) is 6.77. The Kier molecular flexibility index (Phi) is 5.05. The van der Waals surface area contributed by atoms with Gasteiger partial charge in [-0.1, -0.05) is 0 Å². The smallest absolute Gasteiger partial charge is 0.260 e. The summed E-state index contributed by atoms with van der Waals surface area (Å²) in [5, 5.41) is 0.109. The molecule has 4 rings (SSSR count). The summed E-state index contributed by atoms with van der Waals surface area (Å²) >= 11 is 0. The number of rotatable bonds is 5. The molecule has 0 bridgehead atoms. The Bertz CT molecular complexity index is 1090. The van der Waals surface area contributed by atoms with Gasteiger partial charge in [-0.2, -0.15) is 4.31 Å². The topological polar surface area (TPSA) is 114 Å². The van der Waals surface area contributed by atoms with E-state index in [4.69, 9.17) is 0 Å². The molecule has 1 aliphatic rings. The lowest BCUT2D eigenvalue weighted by Crippen LogP contribution is -2.40. The molecular formula is C18H20N6O3S. The van der Waals surface area contributed by atoms with E-state index < -0.39 is 10.0 Å². The summed E-state index contributed by atoms with van der Waals surface area (Å²) in [6, 6.07) is 5.16. The summed E-state index contributed by atoms with van der Waals surface area (Å²) in [6.45, 7) is 1.36. The predicted octanol–water partition coefficient (Wildman–Crippen LogP) is 1.13. The van der Waals surface area contributed by atoms with E-state index in [0.717, 1.165) is 5.56 Å². The molecule has 0 aromatic carbocycles. The fourth-order valence-electron chi connectivity index (χ4n) is 3.37. The van der Waals surface area contributed by atoms with E-state index in [0.29, 0.717) is 38.2 Å². The third-order valence-corrected chi connectivity index (χ3v) is 6.78. The summed E-state index contributed by atoms with van der Waals surface area (Å²) < 4.78 is 28.1. The van der Waals surface area contributed by atoms with Crippen molar-refractivity contribution >= 4 is 10.0 Å². The minimum atomic E-state index is -3.53. The van der Waals surface area contributed by atoms with Gasteiger partial charge in [-0.15, -0.1) is 0 Å². The van der Waals surface area contributed by atoms with Crippen LogP contribution in [0.2, 0.25) is 0 Å². The van der Waals surface area contributed by atoms with Gasteiger partial charge in [0, 0.05) is 43.7 Å². The van der Waals surface area contributed by atoms with Crippen molar-refractivity contribution in [1.82, 2.24) is 28.8 Å². The van der Waals surface area contributed by atoms with Crippen molar-refractivity contribution in [3.05, 3.63) is 59.8 Å². The molecule has 3 aromatic rings. The summed E-state index contributed by atoms with van der Waals surface area (Å²) in [7, 11) is -3.53. The Morgan fingerprint density at radius 1 is 1.18 bits per heavy atom. The third-order valence-electron chi connectivity index (χ3n) is 4.96. The molecule has 9 nitrogen and oxygen atoms in total. The molecule has 0 unspecified atom stereocenters. The molecule has 0 aliphatic carbocycles. The van der Waals surface area contributed by atoms with Crippen molar-refractivity contribution in [2.75, 3.05) is 13.1 Å². The maximum absolute atomic E-state index is 12.5. The monoisotopic (exact) mass is 400 g/mol. The highest BCUT2D eigenvalue weighted by atomic mass is 32.2. The molecule has 0 spiro atoms. The molecule has 3 aromatic heterocycles. The van der Waals surface area contributed by atoms with Gasteiger partial charge in [0.15, 0.2) is 5.03 Å². The number of pyridine rings is 1. The molecule has 1 fully saturated rings. The Hall–Kier alpha value is -2.85. The minimum Gasteiger partial charge on any atom is -0.335 e. The summed E-state index contributed by atoms with van der Waals surface area (Å²) in [6.07, 6.45) is 8.93. The fourth-order valence-corrected chi connectivity index (χ4v) is 4.73. The number of piperidine rings is 1. The Balaban J connectivity index is 1.41. The summed E-state index contributed by atoms with van der Waals surface area (Å²) in [5.41, 5.74) is 1.26. The molecule has 0 saturated carbocycles. The largest absolute Gasteiger partial charge is 0.335 e. The van der Waals surface area contributed by atoms with Crippen LogP contribution >= 0.6 is 0 Å². The second-order valence-corrected chi connectivity index (χ2v) is 8.68. The molecule has 1 saturated heterocycles. The van der Waals surface area contributed by atoms with E-state index in [-0.39, 0.29) is 16.5 Å². The lowest BCUT2D eigenvalue weighted by atomic mass is 9.98. The van der Waals surface area contributed by atoms with Crippen LogP contribution in [0, 0.1) is 5.92 Å². The molecule has 10 heteroatoms. The van der Waals surface area contributed by atoms with Crippen LogP contribution in [0.25, 0.3) is 11.3 Å². The molecule has 0 amide bonds. The zero-order valence-electron chi connectivity index (χ0n) is 15.1. The van der Waals surface area contributed by atoms with Gasteiger partial charge in [-0.05, 0) is 30.9 Å². The molecular weight excluding hydrogens is 380 g/mol. The van der Waals surface area contributed by atoms with E-state index in [1.54, 1.807) is 29.4 Å². The number of sulfonamides is 1. The van der Waals surface area contributed by atoms with Gasteiger partial charge >= 0.3 is 0 Å². The number of H-pyrrole nitrogens is 1. The first-order valence-electron chi connectivity index (χ1n) is 8.99. The highest BCUT2D eigenvalue weighted by molar-refractivity contribution is 7.89. The van der Waals surface area contributed by atoms with Crippen molar-refractivity contribution < 1.29 is 8.42 Å². The zero-order chi connectivity index (χ0) is 19.6. The van der Waals surface area contributed by atoms with Crippen molar-refractivity contribution in [3.63, 3.8) is 0 Å². The van der Waals surface area contributed by atoms with Crippen LogP contribution in [0.5, 0.6) is 0 Å². The van der Waals surface area contributed by atoms with Crippen molar-refractivity contribution in [2.45, 2.75) is 24.4 Å². The van der Waals surface area contributed by atoms with Crippen molar-refractivity contribution in [2.24, 2.45) is 5.92 Å². The molecule has 0 radical (unpaired) electrons. The number of nitrogens with zero attached hydrogens (tertiary/aromatic N) is 5. The van der Waals surface area contributed by atoms with E-state index in [9.17, 15) is 13.2 Å². The Labute approximate surface area is 162 Å². The van der Waals surface area contributed by atoms with Gasteiger partial charge in [-0.25, -0.2) is 18.4 Å². The van der Waals surface area contributed by atoms with Gasteiger partial charge in [0.25, 0.3) is 15.6 Å². The van der Waals surface area contributed by atoms with Crippen LogP contribution in [0.4, 0.5) is 0 Å². The lowest BCUT2D eigenvalue weighted by Gasteiger charge is -2.30. The third kappa shape index (κ3) is 3.73. The van der Waals surface area contributed by atoms with E-state index in [2.05, 4.69) is 19.9 Å². The highest BCUT2D eigenvalue weighted by Crippen LogP contribution is 2.23. The first-order valence-corrected chi connectivity index (χ1v) is 10.4. The molecule has 1 aliphatic heterocycles. The Morgan fingerprint density at radius 2 is 2.00 bits per heavy atom. The van der Waals surface area contributed by atoms with Crippen LogP contribution in [-0.2, 0) is 16.6 Å². The van der Waals surface area contributed by atoms with Gasteiger partial charge in [-0.3, -0.25) is 14.3 Å². The molecule has 0 atom stereocenters. The van der Waals surface area contributed by atoms with Gasteiger partial charge in [0.1, 0.15) is 0 Å². The van der Waals surface area contributed by atoms with Crippen molar-refractivity contribution in [1.29, 1.82) is 0 Å². The van der Waals surface area contributed by atoms with Crippen LogP contribution in [0.1, 0.15) is 12.8 Å². The minimum absolute atomic E-state index is 0.109. The lowest BCUT2D eigenvalue weighted by molar-refractivity contribution is 0.250. The van der Waals surface area contributed by atoms with Crippen LogP contribution < -0.4 is 5.56 Å². The van der Waals surface area contributed by atoms with Gasteiger partial charge < -0.3 is 4.98 Å². The first kappa shape index (κ1) is 18.5. The second kappa shape index (κ2) is 7.64. The average molecular weight is 400 g/mol. The number of hydrogen-bond acceptors (Lipinski definition) is 6. The highest BCUT2D eigenvalue weighted by Gasteiger charge is 2.30. The van der Waals surface area contributed by atoms with E-state index >= 15 is 0 Å². The quantitative estimate of drug-likeness (QED) is 0.687. The first-order chi connectivity index (χ1) is 13.5. The van der Waals surface area contributed by atoms with Crippen molar-refractivity contribution in [3.8, 4) is 11.3 Å². The van der Waals surface area contributed by atoms with Gasteiger partial charge in [0.05, 0.1) is 24.5 Å². The normalized spacial score (nSPS) is 16.3. The van der Waals surface area contributed by atoms with Crippen LogP contribution in [0.15, 0.2) is 59.3 Å². The number of aromatic amines is 1.